The number of nitrogens with two attached hydrogens (primary N) is 2. The number of carbonyl (C=O) groups excluding carboxylic acids is 2. The number of primary amides is 1. The largest absolute Gasteiger partial charge is 0.397 e. The van der Waals surface area contributed by atoms with Crippen LogP contribution in [-0.4, -0.2) is 54.5 Å². The molecule has 2 amide bonds. The lowest BCUT2D eigenvalue weighted by Crippen LogP contribution is -2.41. The van der Waals surface area contributed by atoms with Gasteiger partial charge in [-0.1, -0.05) is 0 Å². The van der Waals surface area contributed by atoms with Gasteiger partial charge in [0, 0.05) is 26.1 Å². The average Bonchev–Trinajstić information content (AvgIpc) is 2.49. The van der Waals surface area contributed by atoms with E-state index in [9.17, 15) is 9.59 Å². The van der Waals surface area contributed by atoms with Crippen molar-refractivity contribution >= 4 is 23.3 Å². The smallest absolute Gasteiger partial charge is 0.252 e. The summed E-state index contributed by atoms with van der Waals surface area (Å²) in [5, 5.41) is 2.95. The summed E-state index contributed by atoms with van der Waals surface area (Å²) in [6.45, 7) is 2.75. The molecule has 0 aliphatic carbocycles. The highest BCUT2D eigenvalue weighted by Crippen LogP contribution is 2.14. The van der Waals surface area contributed by atoms with Gasteiger partial charge in [0.05, 0.1) is 30.7 Å². The van der Waals surface area contributed by atoms with E-state index >= 15 is 0 Å². The van der Waals surface area contributed by atoms with Gasteiger partial charge in [0.1, 0.15) is 5.82 Å². The molecule has 1 aliphatic heterocycles. The fourth-order valence-electron chi connectivity index (χ4n) is 2.07. The number of ether oxygens (including phenoxy) is 1. The van der Waals surface area contributed by atoms with Crippen LogP contribution in [-0.2, 0) is 9.53 Å². The molecule has 0 atom stereocenters. The highest BCUT2D eigenvalue weighted by Gasteiger charge is 2.16. The lowest BCUT2D eigenvalue weighted by Gasteiger charge is -2.26. The van der Waals surface area contributed by atoms with Crippen molar-refractivity contribution in [3.8, 4) is 0 Å². The average molecular weight is 293 g/mol. The molecule has 0 spiro atoms. The fraction of sp³-hybridized carbons (Fsp3) is 0.462. The van der Waals surface area contributed by atoms with E-state index in [1.54, 1.807) is 4.90 Å². The molecule has 5 N–H and O–H groups in total. The molecule has 114 valence electrons. The number of hydrogen-bond acceptors (Lipinski definition) is 6. The number of hydrogen-bond donors (Lipinski definition) is 3. The van der Waals surface area contributed by atoms with E-state index < -0.39 is 5.91 Å². The summed E-state index contributed by atoms with van der Waals surface area (Å²) in [6.07, 6.45) is 1.74. The molecule has 1 aromatic heterocycles. The Bertz CT molecular complexity index is 529. The SMILES string of the molecule is NC(=O)c1cc(N)cnc1NCCC(=O)N1CCOCC1. The number of carbonyl (C=O) groups is 2. The van der Waals surface area contributed by atoms with Gasteiger partial charge in [0.15, 0.2) is 0 Å². The number of rotatable bonds is 5. The van der Waals surface area contributed by atoms with E-state index in [1.165, 1.54) is 12.3 Å². The second kappa shape index (κ2) is 6.89. The van der Waals surface area contributed by atoms with Crippen molar-refractivity contribution in [3.63, 3.8) is 0 Å². The predicted molar refractivity (Wildman–Crippen MR) is 77.7 cm³/mol. The molecule has 0 radical (unpaired) electrons. The maximum Gasteiger partial charge on any atom is 0.252 e. The number of anilines is 2. The Hall–Kier alpha value is -2.35. The van der Waals surface area contributed by atoms with Gasteiger partial charge in [0.2, 0.25) is 5.91 Å². The van der Waals surface area contributed by atoms with Crippen molar-refractivity contribution in [2.45, 2.75) is 6.42 Å². The lowest BCUT2D eigenvalue weighted by atomic mass is 10.2. The molecule has 1 aliphatic rings. The van der Waals surface area contributed by atoms with Crippen LogP contribution in [0.2, 0.25) is 0 Å². The Balaban J connectivity index is 1.88. The second-order valence-electron chi connectivity index (χ2n) is 4.70. The van der Waals surface area contributed by atoms with Crippen LogP contribution >= 0.6 is 0 Å². The number of nitrogen functional groups attached to an aromatic ring is 1. The molecular formula is C13H19N5O3. The van der Waals surface area contributed by atoms with Gasteiger partial charge >= 0.3 is 0 Å². The van der Waals surface area contributed by atoms with Gasteiger partial charge < -0.3 is 26.4 Å². The third-order valence-electron chi connectivity index (χ3n) is 3.17. The topological polar surface area (TPSA) is 124 Å². The van der Waals surface area contributed by atoms with Crippen molar-refractivity contribution in [2.24, 2.45) is 5.73 Å². The molecule has 1 saturated heterocycles. The Labute approximate surface area is 122 Å². The van der Waals surface area contributed by atoms with Gasteiger partial charge in [-0.05, 0) is 6.07 Å². The van der Waals surface area contributed by atoms with Crippen molar-refractivity contribution in [2.75, 3.05) is 43.9 Å². The minimum atomic E-state index is -0.614. The summed E-state index contributed by atoms with van der Waals surface area (Å²) in [5.74, 6) is -0.231. The summed E-state index contributed by atoms with van der Waals surface area (Å²) < 4.78 is 5.19. The molecule has 0 saturated carbocycles. The van der Waals surface area contributed by atoms with Crippen LogP contribution in [0.5, 0.6) is 0 Å². The summed E-state index contributed by atoms with van der Waals surface area (Å²) in [5.41, 5.74) is 11.4. The van der Waals surface area contributed by atoms with E-state index in [-0.39, 0.29) is 11.5 Å². The van der Waals surface area contributed by atoms with Gasteiger partial charge in [-0.2, -0.15) is 0 Å². The molecule has 8 heteroatoms. The summed E-state index contributed by atoms with van der Waals surface area (Å²) in [4.78, 5) is 29.1. The van der Waals surface area contributed by atoms with E-state index in [0.717, 1.165) is 0 Å². The van der Waals surface area contributed by atoms with Crippen LogP contribution in [0, 0.1) is 0 Å². The molecule has 2 rings (SSSR count). The Morgan fingerprint density at radius 1 is 1.38 bits per heavy atom. The Kier molecular flexibility index (Phi) is 4.94. The zero-order valence-corrected chi connectivity index (χ0v) is 11.7. The Morgan fingerprint density at radius 3 is 2.76 bits per heavy atom. The monoisotopic (exact) mass is 293 g/mol. The number of aromatic nitrogens is 1. The minimum Gasteiger partial charge on any atom is -0.397 e. The molecule has 1 fully saturated rings. The molecule has 1 aromatic rings. The normalized spacial score (nSPS) is 14.8. The standard InChI is InChI=1S/C13H19N5O3/c14-9-7-10(12(15)20)13(17-8-9)16-2-1-11(19)18-3-5-21-6-4-18/h7-8H,1-6,14H2,(H2,15,20)(H,16,17). The fourth-order valence-corrected chi connectivity index (χ4v) is 2.07. The van der Waals surface area contributed by atoms with Crippen molar-refractivity contribution in [1.29, 1.82) is 0 Å². The maximum absolute atomic E-state index is 12.0. The van der Waals surface area contributed by atoms with Crippen LogP contribution < -0.4 is 16.8 Å². The predicted octanol–water partition coefficient (Wildman–Crippen LogP) is -0.577. The third-order valence-corrected chi connectivity index (χ3v) is 3.17. The summed E-state index contributed by atoms with van der Waals surface area (Å²) >= 11 is 0. The molecule has 0 unspecified atom stereocenters. The van der Waals surface area contributed by atoms with Gasteiger partial charge in [-0.25, -0.2) is 4.98 Å². The number of nitrogens with one attached hydrogen (secondary N) is 1. The van der Waals surface area contributed by atoms with Crippen molar-refractivity contribution in [1.82, 2.24) is 9.88 Å². The minimum absolute atomic E-state index is 0.0434. The van der Waals surface area contributed by atoms with Gasteiger partial charge in [0.25, 0.3) is 5.91 Å². The first-order valence-electron chi connectivity index (χ1n) is 6.72. The van der Waals surface area contributed by atoms with Crippen molar-refractivity contribution < 1.29 is 14.3 Å². The summed E-state index contributed by atoms with van der Waals surface area (Å²) in [7, 11) is 0. The highest BCUT2D eigenvalue weighted by atomic mass is 16.5. The zero-order chi connectivity index (χ0) is 15.2. The van der Waals surface area contributed by atoms with Gasteiger partial charge in [-0.15, -0.1) is 0 Å². The number of nitrogens with zero attached hydrogens (tertiary/aromatic N) is 2. The molecule has 21 heavy (non-hydrogen) atoms. The van der Waals surface area contributed by atoms with Crippen LogP contribution in [0.1, 0.15) is 16.8 Å². The van der Waals surface area contributed by atoms with Crippen LogP contribution in [0.25, 0.3) is 0 Å². The lowest BCUT2D eigenvalue weighted by molar-refractivity contribution is -0.134. The molecule has 0 aromatic carbocycles. The molecular weight excluding hydrogens is 274 g/mol. The molecule has 8 nitrogen and oxygen atoms in total. The molecule has 2 heterocycles. The van der Waals surface area contributed by atoms with Crippen LogP contribution in [0.3, 0.4) is 0 Å². The highest BCUT2D eigenvalue weighted by molar-refractivity contribution is 5.98. The Morgan fingerprint density at radius 2 is 2.10 bits per heavy atom. The first-order valence-corrected chi connectivity index (χ1v) is 6.72. The van der Waals surface area contributed by atoms with Crippen molar-refractivity contribution in [3.05, 3.63) is 17.8 Å². The quantitative estimate of drug-likeness (QED) is 0.667. The summed E-state index contributed by atoms with van der Waals surface area (Å²) in [6, 6.07) is 1.46. The number of morpholine rings is 1. The zero-order valence-electron chi connectivity index (χ0n) is 11.7. The van der Waals surface area contributed by atoms with E-state index in [4.69, 9.17) is 16.2 Å². The van der Waals surface area contributed by atoms with Crippen LogP contribution in [0.15, 0.2) is 12.3 Å². The van der Waals surface area contributed by atoms with Gasteiger partial charge in [-0.3, -0.25) is 9.59 Å². The number of pyridine rings is 1. The maximum atomic E-state index is 12.0. The second-order valence-corrected chi connectivity index (χ2v) is 4.70. The number of amides is 2. The molecule has 0 bridgehead atoms. The first-order chi connectivity index (χ1) is 10.1. The van der Waals surface area contributed by atoms with E-state index in [2.05, 4.69) is 10.3 Å². The van der Waals surface area contributed by atoms with Crippen LogP contribution in [0.4, 0.5) is 11.5 Å². The van der Waals surface area contributed by atoms with E-state index in [1.807, 2.05) is 0 Å². The third kappa shape index (κ3) is 4.06. The first kappa shape index (κ1) is 15.0. The van der Waals surface area contributed by atoms with E-state index in [0.29, 0.717) is 50.8 Å².